The van der Waals surface area contributed by atoms with Gasteiger partial charge < -0.3 is 10.2 Å². The van der Waals surface area contributed by atoms with Crippen LogP contribution in [0.1, 0.15) is 44.6 Å². The molecule has 1 fully saturated rings. The highest BCUT2D eigenvalue weighted by Gasteiger charge is 2.17. The fourth-order valence-electron chi connectivity index (χ4n) is 2.91. The lowest BCUT2D eigenvalue weighted by molar-refractivity contribution is 0.206. The molecule has 106 valence electrons. The van der Waals surface area contributed by atoms with Crippen LogP contribution in [-0.2, 0) is 0 Å². The van der Waals surface area contributed by atoms with E-state index in [1.807, 2.05) is 0 Å². The first-order valence-electron chi connectivity index (χ1n) is 7.80. The summed E-state index contributed by atoms with van der Waals surface area (Å²) in [5.74, 6) is 0.657. The summed E-state index contributed by atoms with van der Waals surface area (Å²) in [5.41, 5.74) is 1.46. The van der Waals surface area contributed by atoms with Crippen LogP contribution >= 0.6 is 0 Å². The fraction of sp³-hybridized carbons (Fsp3) is 0.647. The van der Waals surface area contributed by atoms with Gasteiger partial charge in [0, 0.05) is 6.04 Å². The molecule has 0 amide bonds. The Kier molecular flexibility index (Phi) is 5.87. The van der Waals surface area contributed by atoms with E-state index in [9.17, 15) is 0 Å². The highest BCUT2D eigenvalue weighted by molar-refractivity contribution is 5.18. The van der Waals surface area contributed by atoms with Crippen LogP contribution in [0.3, 0.4) is 0 Å². The summed E-state index contributed by atoms with van der Waals surface area (Å²) in [7, 11) is 0. The predicted octanol–water partition coefficient (Wildman–Crippen LogP) is 3.25. The van der Waals surface area contributed by atoms with Crippen molar-refractivity contribution in [1.29, 1.82) is 0 Å². The molecule has 0 spiro atoms. The van der Waals surface area contributed by atoms with Crippen molar-refractivity contribution in [1.82, 2.24) is 10.2 Å². The van der Waals surface area contributed by atoms with Crippen LogP contribution in [0.4, 0.5) is 0 Å². The third-order valence-corrected chi connectivity index (χ3v) is 4.41. The van der Waals surface area contributed by atoms with Gasteiger partial charge in [-0.3, -0.25) is 0 Å². The Morgan fingerprint density at radius 3 is 2.53 bits per heavy atom. The molecule has 1 aromatic carbocycles. The van der Waals surface area contributed by atoms with Crippen molar-refractivity contribution in [2.24, 2.45) is 0 Å². The molecular formula is C17H28N2. The van der Waals surface area contributed by atoms with E-state index >= 15 is 0 Å². The Labute approximate surface area is 118 Å². The molecule has 0 aliphatic carbocycles. The summed E-state index contributed by atoms with van der Waals surface area (Å²) in [5, 5.41) is 3.74. The molecule has 2 rings (SSSR count). The lowest BCUT2D eigenvalue weighted by Crippen LogP contribution is -2.42. The third kappa shape index (κ3) is 4.63. The highest BCUT2D eigenvalue weighted by atomic mass is 15.1. The van der Waals surface area contributed by atoms with Gasteiger partial charge in [0.15, 0.2) is 0 Å². The van der Waals surface area contributed by atoms with Gasteiger partial charge in [0.05, 0.1) is 0 Å². The molecule has 0 radical (unpaired) electrons. The smallest absolute Gasteiger partial charge is 0.00914 e. The van der Waals surface area contributed by atoms with Crippen molar-refractivity contribution < 1.29 is 0 Å². The van der Waals surface area contributed by atoms with E-state index in [2.05, 4.69) is 54.4 Å². The first-order chi connectivity index (χ1) is 9.29. The van der Waals surface area contributed by atoms with Crippen LogP contribution in [0, 0.1) is 0 Å². The quantitative estimate of drug-likeness (QED) is 0.844. The second-order valence-electron chi connectivity index (χ2n) is 5.76. The average Bonchev–Trinajstić information content (AvgIpc) is 2.49. The molecular weight excluding hydrogens is 232 g/mol. The summed E-state index contributed by atoms with van der Waals surface area (Å²) < 4.78 is 0. The van der Waals surface area contributed by atoms with E-state index in [-0.39, 0.29) is 0 Å². The normalized spacial score (nSPS) is 19.5. The van der Waals surface area contributed by atoms with Crippen LogP contribution in [0.25, 0.3) is 0 Å². The Morgan fingerprint density at radius 2 is 1.89 bits per heavy atom. The maximum absolute atomic E-state index is 3.74. The van der Waals surface area contributed by atoms with E-state index in [1.165, 1.54) is 44.5 Å². The summed E-state index contributed by atoms with van der Waals surface area (Å²) in [6.07, 6.45) is 3.86. The summed E-state index contributed by atoms with van der Waals surface area (Å²) in [4.78, 5) is 2.55. The number of piperidine rings is 1. The van der Waals surface area contributed by atoms with Gasteiger partial charge in [0.25, 0.3) is 0 Å². The Hall–Kier alpha value is -0.860. The number of rotatable bonds is 6. The van der Waals surface area contributed by atoms with Gasteiger partial charge in [-0.05, 0) is 56.9 Å². The minimum Gasteiger partial charge on any atom is -0.314 e. The number of hydrogen-bond donors (Lipinski definition) is 1. The van der Waals surface area contributed by atoms with Gasteiger partial charge in [-0.2, -0.15) is 0 Å². The minimum absolute atomic E-state index is 0.657. The molecule has 0 aromatic heterocycles. The lowest BCUT2D eigenvalue weighted by atomic mass is 9.97. The zero-order valence-electron chi connectivity index (χ0n) is 12.4. The molecule has 1 unspecified atom stereocenters. The molecule has 0 saturated carbocycles. The fourth-order valence-corrected chi connectivity index (χ4v) is 2.91. The Morgan fingerprint density at radius 1 is 1.21 bits per heavy atom. The van der Waals surface area contributed by atoms with Gasteiger partial charge in [-0.1, -0.05) is 44.2 Å². The van der Waals surface area contributed by atoms with Gasteiger partial charge in [-0.25, -0.2) is 0 Å². The first kappa shape index (κ1) is 14.5. The van der Waals surface area contributed by atoms with Crippen LogP contribution in [0.15, 0.2) is 30.3 Å². The SMILES string of the molecule is CCN1CCC(NCCC(C)c2ccccc2)CC1. The zero-order valence-corrected chi connectivity index (χ0v) is 12.4. The average molecular weight is 260 g/mol. The molecule has 1 N–H and O–H groups in total. The topological polar surface area (TPSA) is 15.3 Å². The van der Waals surface area contributed by atoms with Crippen molar-refractivity contribution in [3.05, 3.63) is 35.9 Å². The van der Waals surface area contributed by atoms with Crippen LogP contribution in [-0.4, -0.2) is 37.1 Å². The van der Waals surface area contributed by atoms with Crippen LogP contribution < -0.4 is 5.32 Å². The maximum atomic E-state index is 3.74. The van der Waals surface area contributed by atoms with Gasteiger partial charge in [0.2, 0.25) is 0 Å². The molecule has 1 aliphatic rings. The van der Waals surface area contributed by atoms with E-state index in [4.69, 9.17) is 0 Å². The van der Waals surface area contributed by atoms with Crippen molar-refractivity contribution in [2.45, 2.75) is 45.1 Å². The molecule has 1 aliphatic heterocycles. The van der Waals surface area contributed by atoms with Crippen molar-refractivity contribution >= 4 is 0 Å². The molecule has 2 nitrogen and oxygen atoms in total. The zero-order chi connectivity index (χ0) is 13.5. The number of benzene rings is 1. The second kappa shape index (κ2) is 7.66. The van der Waals surface area contributed by atoms with E-state index in [1.54, 1.807) is 0 Å². The molecule has 0 bridgehead atoms. The molecule has 1 saturated heterocycles. The molecule has 19 heavy (non-hydrogen) atoms. The predicted molar refractivity (Wildman–Crippen MR) is 82.6 cm³/mol. The standard InChI is InChI=1S/C17H28N2/c1-3-19-13-10-17(11-14-19)18-12-9-15(2)16-7-5-4-6-8-16/h4-8,15,17-18H,3,9-14H2,1-2H3. The van der Waals surface area contributed by atoms with Crippen molar-refractivity contribution in [3.8, 4) is 0 Å². The largest absolute Gasteiger partial charge is 0.314 e. The molecule has 1 atom stereocenters. The summed E-state index contributed by atoms with van der Waals surface area (Å²) >= 11 is 0. The number of nitrogens with zero attached hydrogens (tertiary/aromatic N) is 1. The van der Waals surface area contributed by atoms with Crippen molar-refractivity contribution in [2.75, 3.05) is 26.2 Å². The number of hydrogen-bond acceptors (Lipinski definition) is 2. The van der Waals surface area contributed by atoms with Gasteiger partial charge >= 0.3 is 0 Å². The monoisotopic (exact) mass is 260 g/mol. The minimum atomic E-state index is 0.657. The van der Waals surface area contributed by atoms with E-state index in [0.717, 1.165) is 12.6 Å². The molecule has 2 heteroatoms. The first-order valence-corrected chi connectivity index (χ1v) is 7.80. The van der Waals surface area contributed by atoms with Gasteiger partial charge in [0.1, 0.15) is 0 Å². The maximum Gasteiger partial charge on any atom is 0.00914 e. The highest BCUT2D eigenvalue weighted by Crippen LogP contribution is 2.18. The van der Waals surface area contributed by atoms with Crippen LogP contribution in [0.2, 0.25) is 0 Å². The Bertz CT molecular complexity index is 342. The summed E-state index contributed by atoms with van der Waals surface area (Å²) in [6.45, 7) is 9.47. The number of nitrogens with one attached hydrogen (secondary N) is 1. The second-order valence-corrected chi connectivity index (χ2v) is 5.76. The molecule has 1 heterocycles. The Balaban J connectivity index is 1.64. The third-order valence-electron chi connectivity index (χ3n) is 4.41. The number of likely N-dealkylation sites (tertiary alicyclic amines) is 1. The van der Waals surface area contributed by atoms with E-state index < -0.39 is 0 Å². The van der Waals surface area contributed by atoms with Crippen molar-refractivity contribution in [3.63, 3.8) is 0 Å². The van der Waals surface area contributed by atoms with E-state index in [0.29, 0.717) is 5.92 Å². The lowest BCUT2D eigenvalue weighted by Gasteiger charge is -2.31. The van der Waals surface area contributed by atoms with Crippen LogP contribution in [0.5, 0.6) is 0 Å². The van der Waals surface area contributed by atoms with Gasteiger partial charge in [-0.15, -0.1) is 0 Å². The molecule has 1 aromatic rings. The summed E-state index contributed by atoms with van der Waals surface area (Å²) in [6, 6.07) is 11.6.